The highest BCUT2D eigenvalue weighted by molar-refractivity contribution is 5.98. The van der Waals surface area contributed by atoms with Gasteiger partial charge in [0.15, 0.2) is 0 Å². The van der Waals surface area contributed by atoms with Crippen molar-refractivity contribution in [2.24, 2.45) is 0 Å². The summed E-state index contributed by atoms with van der Waals surface area (Å²) in [7, 11) is 1.62. The van der Waals surface area contributed by atoms with Crippen LogP contribution in [-0.4, -0.2) is 53.5 Å². The first kappa shape index (κ1) is 15.3. The van der Waals surface area contributed by atoms with Gasteiger partial charge in [-0.3, -0.25) is 9.59 Å². The van der Waals surface area contributed by atoms with Gasteiger partial charge in [-0.1, -0.05) is 0 Å². The average molecular weight is 291 g/mol. The molecule has 6 nitrogen and oxygen atoms in total. The van der Waals surface area contributed by atoms with E-state index in [0.717, 1.165) is 25.9 Å². The molecule has 0 bridgehead atoms. The van der Waals surface area contributed by atoms with Crippen molar-refractivity contribution in [1.29, 1.82) is 0 Å². The summed E-state index contributed by atoms with van der Waals surface area (Å²) >= 11 is 0. The summed E-state index contributed by atoms with van der Waals surface area (Å²) in [4.78, 5) is 31.1. The Labute approximate surface area is 124 Å². The lowest BCUT2D eigenvalue weighted by atomic mass is 10.1. The molecule has 0 atom stereocenters. The van der Waals surface area contributed by atoms with Crippen LogP contribution in [-0.2, 0) is 4.79 Å². The molecule has 0 spiro atoms. The Bertz CT molecular complexity index is 513. The zero-order chi connectivity index (χ0) is 15.2. The first-order chi connectivity index (χ1) is 10.1. The van der Waals surface area contributed by atoms with E-state index < -0.39 is 5.97 Å². The lowest BCUT2D eigenvalue weighted by Crippen LogP contribution is -2.34. The Morgan fingerprint density at radius 2 is 2.05 bits per heavy atom. The molecule has 0 unspecified atom stereocenters. The second kappa shape index (κ2) is 7.06. The molecule has 1 amide bonds. The number of rotatable bonds is 5. The molecule has 1 aliphatic rings. The molecule has 0 aromatic carbocycles. The van der Waals surface area contributed by atoms with Gasteiger partial charge in [0.2, 0.25) is 0 Å². The number of carboxylic acid groups (broad SMARTS) is 1. The summed E-state index contributed by atoms with van der Waals surface area (Å²) < 4.78 is 0. The summed E-state index contributed by atoms with van der Waals surface area (Å²) in [5.74, 6) is -0.369. The van der Waals surface area contributed by atoms with E-state index in [2.05, 4.69) is 9.88 Å². The van der Waals surface area contributed by atoms with Gasteiger partial charge in [-0.15, -0.1) is 0 Å². The van der Waals surface area contributed by atoms with Gasteiger partial charge in [0.1, 0.15) is 5.82 Å². The number of anilines is 1. The van der Waals surface area contributed by atoms with E-state index >= 15 is 0 Å². The molecule has 1 aromatic rings. The molecule has 1 N–H and O–H groups in total. The molecule has 1 fully saturated rings. The highest BCUT2D eigenvalue weighted by Crippen LogP contribution is 2.22. The summed E-state index contributed by atoms with van der Waals surface area (Å²) in [6, 6.07) is 3.50. The fourth-order valence-electron chi connectivity index (χ4n) is 2.49. The van der Waals surface area contributed by atoms with Crippen molar-refractivity contribution in [3.8, 4) is 0 Å². The molecule has 6 heteroatoms. The Kier molecular flexibility index (Phi) is 5.14. The zero-order valence-electron chi connectivity index (χ0n) is 12.3. The van der Waals surface area contributed by atoms with Crippen LogP contribution < -0.4 is 4.90 Å². The van der Waals surface area contributed by atoms with E-state index in [1.54, 1.807) is 25.4 Å². The van der Waals surface area contributed by atoms with Crippen LogP contribution in [0.3, 0.4) is 0 Å². The maximum atomic E-state index is 12.5. The summed E-state index contributed by atoms with van der Waals surface area (Å²) in [5.41, 5.74) is 0.548. The van der Waals surface area contributed by atoms with Gasteiger partial charge >= 0.3 is 5.97 Å². The molecule has 21 heavy (non-hydrogen) atoms. The largest absolute Gasteiger partial charge is 0.481 e. The van der Waals surface area contributed by atoms with E-state index in [-0.39, 0.29) is 18.9 Å². The number of aromatic nitrogens is 1. The van der Waals surface area contributed by atoms with Crippen LogP contribution in [0.25, 0.3) is 0 Å². The molecule has 114 valence electrons. The summed E-state index contributed by atoms with van der Waals surface area (Å²) in [6.45, 7) is 2.02. The molecule has 1 aromatic heterocycles. The third-order valence-electron chi connectivity index (χ3n) is 3.68. The number of aliphatic carboxylic acids is 1. The van der Waals surface area contributed by atoms with E-state index in [0.29, 0.717) is 11.4 Å². The average Bonchev–Trinajstić information content (AvgIpc) is 2.52. The number of carbonyl (C=O) groups excluding carboxylic acids is 1. The third-order valence-corrected chi connectivity index (χ3v) is 3.68. The zero-order valence-corrected chi connectivity index (χ0v) is 12.3. The van der Waals surface area contributed by atoms with Crippen molar-refractivity contribution >= 4 is 17.7 Å². The second-order valence-electron chi connectivity index (χ2n) is 5.29. The molecular weight excluding hydrogens is 270 g/mol. The Morgan fingerprint density at radius 3 is 2.71 bits per heavy atom. The SMILES string of the molecule is CN(CCC(=O)O)C(=O)c1cccnc1N1CCCCC1. The fraction of sp³-hybridized carbons (Fsp3) is 0.533. The van der Waals surface area contributed by atoms with Crippen LogP contribution in [0, 0.1) is 0 Å². The summed E-state index contributed by atoms with van der Waals surface area (Å²) in [5, 5.41) is 8.71. The van der Waals surface area contributed by atoms with Crippen LogP contribution in [0.2, 0.25) is 0 Å². The number of amides is 1. The molecule has 2 heterocycles. The van der Waals surface area contributed by atoms with Crippen molar-refractivity contribution in [3.63, 3.8) is 0 Å². The van der Waals surface area contributed by atoms with Crippen molar-refractivity contribution in [2.45, 2.75) is 25.7 Å². The number of hydrogen-bond donors (Lipinski definition) is 1. The van der Waals surface area contributed by atoms with Gasteiger partial charge in [-0.05, 0) is 31.4 Å². The highest BCUT2D eigenvalue weighted by Gasteiger charge is 2.21. The molecule has 2 rings (SSSR count). The highest BCUT2D eigenvalue weighted by atomic mass is 16.4. The standard InChI is InChI=1S/C15H21N3O3/c1-17(11-7-13(19)20)15(21)12-6-5-8-16-14(12)18-9-3-2-4-10-18/h5-6,8H,2-4,7,9-11H2,1H3,(H,19,20). The lowest BCUT2D eigenvalue weighted by Gasteiger charge is -2.29. The van der Waals surface area contributed by atoms with Gasteiger partial charge in [0, 0.05) is 32.9 Å². The van der Waals surface area contributed by atoms with Crippen LogP contribution >= 0.6 is 0 Å². The van der Waals surface area contributed by atoms with Crippen LogP contribution in [0.1, 0.15) is 36.0 Å². The molecular formula is C15H21N3O3. The third kappa shape index (κ3) is 3.93. The van der Waals surface area contributed by atoms with Gasteiger partial charge in [-0.25, -0.2) is 4.98 Å². The summed E-state index contributed by atoms with van der Waals surface area (Å²) in [6.07, 6.45) is 5.07. The maximum absolute atomic E-state index is 12.5. The first-order valence-electron chi connectivity index (χ1n) is 7.27. The van der Waals surface area contributed by atoms with Crippen LogP contribution in [0.15, 0.2) is 18.3 Å². The van der Waals surface area contributed by atoms with E-state index in [9.17, 15) is 9.59 Å². The quantitative estimate of drug-likeness (QED) is 0.892. The Hall–Kier alpha value is -2.11. The maximum Gasteiger partial charge on any atom is 0.305 e. The minimum atomic E-state index is -0.905. The predicted octanol–water partition coefficient (Wildman–Crippen LogP) is 1.62. The number of hydrogen-bond acceptors (Lipinski definition) is 4. The first-order valence-corrected chi connectivity index (χ1v) is 7.27. The number of carbonyl (C=O) groups is 2. The fourth-order valence-corrected chi connectivity index (χ4v) is 2.49. The molecule has 0 aliphatic carbocycles. The molecule has 1 aliphatic heterocycles. The predicted molar refractivity (Wildman–Crippen MR) is 79.5 cm³/mol. The normalized spacial score (nSPS) is 14.8. The van der Waals surface area contributed by atoms with E-state index in [1.807, 2.05) is 0 Å². The molecule has 0 radical (unpaired) electrons. The number of carboxylic acids is 1. The Balaban J connectivity index is 2.14. The van der Waals surface area contributed by atoms with Crippen molar-refractivity contribution in [3.05, 3.63) is 23.9 Å². The number of nitrogens with zero attached hydrogens (tertiary/aromatic N) is 3. The second-order valence-corrected chi connectivity index (χ2v) is 5.29. The number of pyridine rings is 1. The van der Waals surface area contributed by atoms with Gasteiger partial charge in [0.25, 0.3) is 5.91 Å². The lowest BCUT2D eigenvalue weighted by molar-refractivity contribution is -0.137. The minimum absolute atomic E-state index is 0.0540. The van der Waals surface area contributed by atoms with Gasteiger partial charge in [-0.2, -0.15) is 0 Å². The Morgan fingerprint density at radius 1 is 1.33 bits per heavy atom. The number of piperidine rings is 1. The van der Waals surface area contributed by atoms with Gasteiger partial charge < -0.3 is 14.9 Å². The topological polar surface area (TPSA) is 73.7 Å². The van der Waals surface area contributed by atoms with Crippen molar-refractivity contribution < 1.29 is 14.7 Å². The van der Waals surface area contributed by atoms with Crippen LogP contribution in [0.4, 0.5) is 5.82 Å². The van der Waals surface area contributed by atoms with E-state index in [4.69, 9.17) is 5.11 Å². The van der Waals surface area contributed by atoms with Crippen molar-refractivity contribution in [1.82, 2.24) is 9.88 Å². The smallest absolute Gasteiger partial charge is 0.305 e. The van der Waals surface area contributed by atoms with Crippen molar-refractivity contribution in [2.75, 3.05) is 31.6 Å². The minimum Gasteiger partial charge on any atom is -0.481 e. The monoisotopic (exact) mass is 291 g/mol. The van der Waals surface area contributed by atoms with Crippen LogP contribution in [0.5, 0.6) is 0 Å². The molecule has 1 saturated heterocycles. The van der Waals surface area contributed by atoms with E-state index in [1.165, 1.54) is 11.3 Å². The molecule has 0 saturated carbocycles. The van der Waals surface area contributed by atoms with Gasteiger partial charge in [0.05, 0.1) is 12.0 Å².